The zero-order valence-electron chi connectivity index (χ0n) is 23.1. The third-order valence-electron chi connectivity index (χ3n) is 11.4. The molecule has 4 fully saturated rings. The van der Waals surface area contributed by atoms with E-state index in [9.17, 15) is 13.5 Å². The number of aryl methyl sites for hydroxylation is 1. The Labute approximate surface area is 219 Å². The zero-order valence-corrected chi connectivity index (χ0v) is 23.9. The molecule has 0 bridgehead atoms. The molecule has 1 N–H and O–H groups in total. The second-order valence-corrected chi connectivity index (χ2v) is 15.4. The minimum atomic E-state index is -3.73. The summed E-state index contributed by atoms with van der Waals surface area (Å²) < 4.78 is 31.4. The molecule has 0 saturated heterocycles. The largest absolute Gasteiger partial charge is 0.390 e. The molecule has 5 heteroatoms. The summed E-state index contributed by atoms with van der Waals surface area (Å²) in [5, 5.41) is 10.7. The molecular formula is C31H48O4S. The lowest BCUT2D eigenvalue weighted by molar-refractivity contribution is -0.152. The predicted molar refractivity (Wildman–Crippen MR) is 144 cm³/mol. The smallest absolute Gasteiger partial charge is 0.296 e. The van der Waals surface area contributed by atoms with E-state index in [1.807, 2.05) is 26.0 Å². The molecule has 4 nitrogen and oxygen atoms in total. The number of hydrogen-bond donors (Lipinski definition) is 1. The third kappa shape index (κ3) is 4.82. The molecule has 1 unspecified atom stereocenters. The Kier molecular flexibility index (Phi) is 7.18. The SMILES string of the molecule is Cc1ccc(S(=O)(=O)OCC(C)[C@H]2CC[C@@H](C)[C@H]3[C@@H]4CC[C@@H]5C[C@](C)(O)CC[C@@H]5[C@H]4CC[C@@]32C)cc1. The first-order valence-electron chi connectivity index (χ1n) is 14.6. The summed E-state index contributed by atoms with van der Waals surface area (Å²) in [5.74, 6) is 5.25. The van der Waals surface area contributed by atoms with Crippen LogP contribution in [0.5, 0.6) is 0 Å². The van der Waals surface area contributed by atoms with Crippen LogP contribution in [0.1, 0.15) is 91.0 Å². The van der Waals surface area contributed by atoms with Crippen LogP contribution in [0.2, 0.25) is 0 Å². The summed E-state index contributed by atoms with van der Waals surface area (Å²) in [6.07, 6.45) is 10.7. The number of hydrogen-bond acceptors (Lipinski definition) is 4. The van der Waals surface area contributed by atoms with Crippen molar-refractivity contribution < 1.29 is 17.7 Å². The van der Waals surface area contributed by atoms with Crippen molar-refractivity contribution in [2.24, 2.45) is 52.8 Å². The van der Waals surface area contributed by atoms with Crippen LogP contribution < -0.4 is 0 Å². The normalized spacial score (nSPS) is 43.7. The number of aliphatic hydroxyl groups is 1. The van der Waals surface area contributed by atoms with Crippen molar-refractivity contribution in [2.45, 2.75) is 103 Å². The van der Waals surface area contributed by atoms with Crippen LogP contribution in [-0.2, 0) is 14.3 Å². The van der Waals surface area contributed by atoms with Crippen LogP contribution in [0.3, 0.4) is 0 Å². The highest BCUT2D eigenvalue weighted by molar-refractivity contribution is 7.86. The lowest BCUT2D eigenvalue weighted by atomic mass is 9.42. The summed E-state index contributed by atoms with van der Waals surface area (Å²) in [5.41, 5.74) is 0.831. The van der Waals surface area contributed by atoms with E-state index in [1.165, 1.54) is 44.9 Å². The van der Waals surface area contributed by atoms with Gasteiger partial charge in [0.15, 0.2) is 0 Å². The lowest BCUT2D eigenvalue weighted by Crippen LogP contribution is -2.56. The van der Waals surface area contributed by atoms with Crippen molar-refractivity contribution in [3.8, 4) is 0 Å². The quantitative estimate of drug-likeness (QED) is 0.428. The first-order valence-corrected chi connectivity index (χ1v) is 16.0. The van der Waals surface area contributed by atoms with E-state index < -0.39 is 15.7 Å². The van der Waals surface area contributed by atoms with E-state index in [0.717, 1.165) is 48.0 Å². The molecule has 1 aromatic rings. The lowest BCUT2D eigenvalue weighted by Gasteiger charge is -2.63. The Balaban J connectivity index is 1.30. The molecule has 202 valence electrons. The van der Waals surface area contributed by atoms with Crippen molar-refractivity contribution in [3.63, 3.8) is 0 Å². The summed E-state index contributed by atoms with van der Waals surface area (Å²) >= 11 is 0. The number of benzene rings is 1. The van der Waals surface area contributed by atoms with E-state index in [4.69, 9.17) is 4.18 Å². The van der Waals surface area contributed by atoms with Gasteiger partial charge in [-0.3, -0.25) is 4.18 Å². The van der Waals surface area contributed by atoms with Crippen molar-refractivity contribution in [2.75, 3.05) is 6.61 Å². The van der Waals surface area contributed by atoms with Gasteiger partial charge >= 0.3 is 0 Å². The van der Waals surface area contributed by atoms with Crippen molar-refractivity contribution in [3.05, 3.63) is 29.8 Å². The monoisotopic (exact) mass is 516 g/mol. The van der Waals surface area contributed by atoms with E-state index >= 15 is 0 Å². The Morgan fingerprint density at radius 2 is 1.67 bits per heavy atom. The first kappa shape index (κ1) is 26.7. The standard InChI is InChI=1S/C31H48O4S/c1-20-6-10-24(11-7-20)36(33,34)35-19-22(3)28-13-8-21(2)29-27-12-9-23-18-30(4,32)16-14-25(23)26(27)15-17-31(28,29)5/h6-7,10-11,21-23,25-29,32H,8-9,12-19H2,1-5H3/t21-,22?,23-,25+,26-,27-,28-,29+,30-,31-/m1/s1. The van der Waals surface area contributed by atoms with Gasteiger partial charge in [0.1, 0.15) is 0 Å². The van der Waals surface area contributed by atoms with Crippen LogP contribution in [-0.4, -0.2) is 25.7 Å². The van der Waals surface area contributed by atoms with Gasteiger partial charge in [0.25, 0.3) is 10.1 Å². The van der Waals surface area contributed by atoms with Gasteiger partial charge in [-0.05, 0) is 130 Å². The molecule has 0 radical (unpaired) electrons. The van der Waals surface area contributed by atoms with Gasteiger partial charge in [0, 0.05) is 0 Å². The van der Waals surface area contributed by atoms with Gasteiger partial charge in [0.2, 0.25) is 0 Å². The average molecular weight is 517 g/mol. The maximum atomic E-state index is 12.9. The fourth-order valence-electron chi connectivity index (χ4n) is 9.83. The molecule has 0 spiro atoms. The van der Waals surface area contributed by atoms with Gasteiger partial charge in [-0.25, -0.2) is 0 Å². The maximum Gasteiger partial charge on any atom is 0.296 e. The van der Waals surface area contributed by atoms with Gasteiger partial charge < -0.3 is 5.11 Å². The third-order valence-corrected chi connectivity index (χ3v) is 12.7. The van der Waals surface area contributed by atoms with Crippen LogP contribution >= 0.6 is 0 Å². The molecule has 10 atom stereocenters. The second kappa shape index (κ2) is 9.68. The summed E-state index contributed by atoms with van der Waals surface area (Å²) in [7, 11) is -3.73. The molecule has 5 rings (SSSR count). The summed E-state index contributed by atoms with van der Waals surface area (Å²) in [6.45, 7) is 11.5. The van der Waals surface area contributed by atoms with Crippen LogP contribution in [0.15, 0.2) is 29.2 Å². The second-order valence-electron chi connectivity index (χ2n) is 13.8. The topological polar surface area (TPSA) is 63.6 Å². The minimum absolute atomic E-state index is 0.211. The fraction of sp³-hybridized carbons (Fsp3) is 0.806. The molecule has 0 heterocycles. The molecule has 0 amide bonds. The molecule has 4 saturated carbocycles. The Morgan fingerprint density at radius 1 is 0.972 bits per heavy atom. The van der Waals surface area contributed by atoms with E-state index in [-0.39, 0.29) is 22.8 Å². The molecular weight excluding hydrogens is 468 g/mol. The number of fused-ring (bicyclic) bond motifs is 5. The van der Waals surface area contributed by atoms with Gasteiger partial charge in [-0.15, -0.1) is 0 Å². The summed E-state index contributed by atoms with van der Waals surface area (Å²) in [6, 6.07) is 6.96. The van der Waals surface area contributed by atoms with Gasteiger partial charge in [-0.2, -0.15) is 8.42 Å². The van der Waals surface area contributed by atoms with Crippen molar-refractivity contribution in [1.29, 1.82) is 0 Å². The number of rotatable bonds is 5. The molecule has 0 aromatic heterocycles. The summed E-state index contributed by atoms with van der Waals surface area (Å²) in [4.78, 5) is 0.255. The Bertz CT molecular complexity index is 1030. The van der Waals surface area contributed by atoms with E-state index in [1.54, 1.807) is 12.1 Å². The molecule has 1 aromatic carbocycles. The minimum Gasteiger partial charge on any atom is -0.390 e. The van der Waals surface area contributed by atoms with Gasteiger partial charge in [0.05, 0.1) is 17.1 Å². The predicted octanol–water partition coefficient (Wildman–Crippen LogP) is 6.99. The maximum absolute atomic E-state index is 12.9. The van der Waals surface area contributed by atoms with Crippen LogP contribution in [0, 0.1) is 59.7 Å². The van der Waals surface area contributed by atoms with E-state index in [2.05, 4.69) is 20.8 Å². The highest BCUT2D eigenvalue weighted by atomic mass is 32.2. The zero-order chi connectivity index (χ0) is 25.9. The Morgan fingerprint density at radius 3 is 2.39 bits per heavy atom. The molecule has 0 aliphatic heterocycles. The fourth-order valence-corrected chi connectivity index (χ4v) is 10.8. The Hall–Kier alpha value is -0.910. The first-order chi connectivity index (χ1) is 16.9. The highest BCUT2D eigenvalue weighted by Crippen LogP contribution is 2.65. The highest BCUT2D eigenvalue weighted by Gasteiger charge is 2.58. The molecule has 36 heavy (non-hydrogen) atoms. The molecule has 4 aliphatic rings. The van der Waals surface area contributed by atoms with Crippen molar-refractivity contribution in [1.82, 2.24) is 0 Å². The van der Waals surface area contributed by atoms with Crippen LogP contribution in [0.4, 0.5) is 0 Å². The molecule has 4 aliphatic carbocycles. The van der Waals surface area contributed by atoms with Gasteiger partial charge in [-0.1, -0.05) is 44.9 Å². The van der Waals surface area contributed by atoms with Crippen LogP contribution in [0.25, 0.3) is 0 Å². The van der Waals surface area contributed by atoms with Crippen molar-refractivity contribution >= 4 is 10.1 Å². The average Bonchev–Trinajstić information content (AvgIpc) is 2.81. The van der Waals surface area contributed by atoms with E-state index in [0.29, 0.717) is 11.8 Å².